The molecule has 1 saturated carbocycles. The van der Waals surface area contributed by atoms with Crippen molar-refractivity contribution in [3.63, 3.8) is 0 Å². The Kier molecular flexibility index (Phi) is 7.68. The Bertz CT molecular complexity index is 1950. The summed E-state index contributed by atoms with van der Waals surface area (Å²) < 4.78 is 24.1. The molecule has 4 N–H and O–H groups in total. The average molecular weight is 597 g/mol. The maximum Gasteiger partial charge on any atom is 0.323 e. The lowest BCUT2D eigenvalue weighted by molar-refractivity contribution is -0.147. The fourth-order valence-corrected chi connectivity index (χ4v) is 5.25. The molecule has 0 aliphatic heterocycles. The lowest BCUT2D eigenvalue weighted by Gasteiger charge is -2.19. The average Bonchev–Trinajstić information content (AvgIpc) is 3.76. The van der Waals surface area contributed by atoms with Crippen molar-refractivity contribution in [1.29, 1.82) is 0 Å². The first-order valence-corrected chi connectivity index (χ1v) is 14.5. The van der Waals surface area contributed by atoms with E-state index >= 15 is 4.39 Å². The second-order valence-electron chi connectivity index (χ2n) is 11.5. The van der Waals surface area contributed by atoms with Crippen molar-refractivity contribution in [2.24, 2.45) is 18.7 Å². The van der Waals surface area contributed by atoms with Gasteiger partial charge in [0, 0.05) is 37.0 Å². The fraction of sp³-hybridized carbons (Fsp3) is 0.312. The Morgan fingerprint density at radius 3 is 2.66 bits per heavy atom. The van der Waals surface area contributed by atoms with Gasteiger partial charge in [0.2, 0.25) is 5.95 Å². The molecule has 0 unspecified atom stereocenters. The number of hydrogen-bond acceptors (Lipinski definition) is 9. The number of nitrogen functional groups attached to an aromatic ring is 1. The van der Waals surface area contributed by atoms with Crippen molar-refractivity contribution in [2.75, 3.05) is 5.73 Å². The topological polar surface area (TPSA) is 157 Å². The van der Waals surface area contributed by atoms with E-state index in [9.17, 15) is 9.59 Å². The maximum atomic E-state index is 15.4. The monoisotopic (exact) mass is 596 g/mol. The molecule has 0 saturated heterocycles. The van der Waals surface area contributed by atoms with Gasteiger partial charge < -0.3 is 16.2 Å². The number of aryl methyl sites for hydroxylation is 1. The highest BCUT2D eigenvalue weighted by molar-refractivity contribution is 5.84. The molecule has 0 radical (unpaired) electrons. The Balaban J connectivity index is 1.48. The van der Waals surface area contributed by atoms with E-state index in [1.165, 1.54) is 10.6 Å². The van der Waals surface area contributed by atoms with Crippen molar-refractivity contribution in [3.8, 4) is 17.1 Å². The van der Waals surface area contributed by atoms with E-state index in [0.717, 1.165) is 24.0 Å². The molecule has 44 heavy (non-hydrogen) atoms. The summed E-state index contributed by atoms with van der Waals surface area (Å²) in [5.74, 6) is -0.345. The maximum absolute atomic E-state index is 15.4. The summed E-state index contributed by atoms with van der Waals surface area (Å²) in [5.41, 5.74) is 14.7. The SMILES string of the molecule is CC(C)[C@H](N)C(=O)OCc1c(-c2nc(N)nc(Cc3cnn(C)c3)n2)cccc1-n1ccc2cc(C3CC3)cc(F)c2c1=O. The summed E-state index contributed by atoms with van der Waals surface area (Å²) in [6.45, 7) is 3.39. The number of nitrogens with two attached hydrogens (primary N) is 2. The highest BCUT2D eigenvalue weighted by atomic mass is 19.1. The fourth-order valence-electron chi connectivity index (χ4n) is 5.25. The summed E-state index contributed by atoms with van der Waals surface area (Å²) in [4.78, 5) is 40.0. The minimum atomic E-state index is -0.845. The Labute approximate surface area is 252 Å². The van der Waals surface area contributed by atoms with E-state index in [0.29, 0.717) is 40.4 Å². The molecule has 2 aromatic carbocycles. The van der Waals surface area contributed by atoms with Crippen LogP contribution in [0, 0.1) is 11.7 Å². The number of fused-ring (bicyclic) bond motifs is 1. The molecule has 0 amide bonds. The van der Waals surface area contributed by atoms with Crippen LogP contribution in [0.2, 0.25) is 0 Å². The molecule has 0 spiro atoms. The van der Waals surface area contributed by atoms with Gasteiger partial charge in [-0.3, -0.25) is 18.8 Å². The van der Waals surface area contributed by atoms with Gasteiger partial charge in [0.25, 0.3) is 5.56 Å². The molecule has 5 aromatic rings. The number of nitrogens with zero attached hydrogens (tertiary/aromatic N) is 6. The van der Waals surface area contributed by atoms with E-state index in [1.807, 2.05) is 33.2 Å². The van der Waals surface area contributed by atoms with Crippen LogP contribution >= 0.6 is 0 Å². The van der Waals surface area contributed by atoms with Crippen LogP contribution < -0.4 is 17.0 Å². The van der Waals surface area contributed by atoms with Gasteiger partial charge in [0.1, 0.15) is 24.3 Å². The highest BCUT2D eigenvalue weighted by Crippen LogP contribution is 2.41. The van der Waals surface area contributed by atoms with Gasteiger partial charge in [-0.1, -0.05) is 32.0 Å². The van der Waals surface area contributed by atoms with E-state index in [-0.39, 0.29) is 29.7 Å². The molecule has 1 fully saturated rings. The number of esters is 1. The molecule has 1 aliphatic carbocycles. The number of ether oxygens (including phenoxy) is 1. The van der Waals surface area contributed by atoms with Gasteiger partial charge >= 0.3 is 5.97 Å². The summed E-state index contributed by atoms with van der Waals surface area (Å²) in [6, 6.07) is 9.37. The smallest absolute Gasteiger partial charge is 0.323 e. The van der Waals surface area contributed by atoms with Gasteiger partial charge in [-0.2, -0.15) is 15.1 Å². The number of hydrogen-bond donors (Lipinski definition) is 2. The zero-order valence-electron chi connectivity index (χ0n) is 24.7. The van der Waals surface area contributed by atoms with Crippen LogP contribution in [0.1, 0.15) is 55.1 Å². The van der Waals surface area contributed by atoms with E-state index in [1.54, 1.807) is 41.3 Å². The van der Waals surface area contributed by atoms with Crippen molar-refractivity contribution >= 4 is 22.7 Å². The molecule has 1 atom stereocenters. The Morgan fingerprint density at radius 2 is 1.95 bits per heavy atom. The molecule has 3 heterocycles. The molecular weight excluding hydrogens is 563 g/mol. The van der Waals surface area contributed by atoms with Gasteiger partial charge in [0.05, 0.1) is 17.3 Å². The normalized spacial score (nSPS) is 13.9. The number of halogens is 1. The predicted molar refractivity (Wildman–Crippen MR) is 163 cm³/mol. The molecule has 0 bridgehead atoms. The molecule has 11 nitrogen and oxygen atoms in total. The van der Waals surface area contributed by atoms with Crippen LogP contribution in [0.25, 0.3) is 27.8 Å². The standard InChI is InChI=1S/C32H33FN8O3/c1-17(2)28(34)31(43)44-16-23-22(29-37-26(38-32(35)39-29)11-18-14-36-40(3)15-18)5-4-6-25(23)41-10-9-20-12-21(19-7-8-19)13-24(33)27(20)30(41)42/h4-6,9-10,12-15,17,19,28H,7-8,11,16,34H2,1-3H3,(H2,35,37,38,39)/t28-/m0/s1. The van der Waals surface area contributed by atoms with Crippen molar-refractivity contribution in [3.05, 3.63) is 93.7 Å². The highest BCUT2D eigenvalue weighted by Gasteiger charge is 2.26. The molecule has 1 aliphatic rings. The predicted octanol–water partition coefficient (Wildman–Crippen LogP) is 3.79. The second-order valence-corrected chi connectivity index (χ2v) is 11.5. The third-order valence-electron chi connectivity index (χ3n) is 7.85. The van der Waals surface area contributed by atoms with Crippen LogP contribution in [0.4, 0.5) is 10.3 Å². The summed E-state index contributed by atoms with van der Waals surface area (Å²) >= 11 is 0. The van der Waals surface area contributed by atoms with E-state index in [2.05, 4.69) is 20.1 Å². The minimum Gasteiger partial charge on any atom is -0.460 e. The number of anilines is 1. The Morgan fingerprint density at radius 1 is 1.16 bits per heavy atom. The number of rotatable bonds is 9. The van der Waals surface area contributed by atoms with Crippen molar-refractivity contribution in [2.45, 2.75) is 51.7 Å². The molecular formula is C32H33FN8O3. The first kappa shape index (κ1) is 29.1. The second kappa shape index (κ2) is 11.6. The van der Waals surface area contributed by atoms with Crippen LogP contribution in [0.5, 0.6) is 0 Å². The minimum absolute atomic E-state index is 0.000443. The largest absolute Gasteiger partial charge is 0.460 e. The number of carbonyl (C=O) groups excluding carboxylic acids is 1. The van der Waals surface area contributed by atoms with Crippen LogP contribution in [-0.2, 0) is 29.6 Å². The van der Waals surface area contributed by atoms with Crippen LogP contribution in [-0.4, -0.2) is 41.3 Å². The first-order valence-electron chi connectivity index (χ1n) is 14.5. The van der Waals surface area contributed by atoms with E-state index in [4.69, 9.17) is 16.2 Å². The van der Waals surface area contributed by atoms with E-state index < -0.39 is 23.4 Å². The number of benzene rings is 2. The quantitative estimate of drug-likeness (QED) is 0.242. The van der Waals surface area contributed by atoms with Gasteiger partial charge in [-0.15, -0.1) is 0 Å². The summed E-state index contributed by atoms with van der Waals surface area (Å²) in [7, 11) is 1.81. The zero-order chi connectivity index (χ0) is 31.1. The van der Waals surface area contributed by atoms with Gasteiger partial charge in [-0.05, 0) is 59.4 Å². The number of aromatic nitrogens is 6. The molecule has 3 aromatic heterocycles. The first-order chi connectivity index (χ1) is 21.1. The summed E-state index contributed by atoms with van der Waals surface area (Å²) in [5, 5.41) is 4.71. The molecule has 12 heteroatoms. The molecule has 6 rings (SSSR count). The zero-order valence-corrected chi connectivity index (χ0v) is 24.7. The summed E-state index contributed by atoms with van der Waals surface area (Å²) in [6.07, 6.45) is 7.55. The lowest BCUT2D eigenvalue weighted by Crippen LogP contribution is -2.37. The molecule has 226 valence electrons. The van der Waals surface area contributed by atoms with Gasteiger partial charge in [0.15, 0.2) is 5.82 Å². The van der Waals surface area contributed by atoms with Crippen LogP contribution in [0.15, 0.2) is 59.8 Å². The number of pyridine rings is 1. The van der Waals surface area contributed by atoms with Gasteiger partial charge in [-0.25, -0.2) is 9.37 Å². The third-order valence-corrected chi connectivity index (χ3v) is 7.85. The van der Waals surface area contributed by atoms with Crippen LogP contribution in [0.3, 0.4) is 0 Å². The van der Waals surface area contributed by atoms with Crippen molar-refractivity contribution in [1.82, 2.24) is 29.3 Å². The van der Waals surface area contributed by atoms with Crippen molar-refractivity contribution < 1.29 is 13.9 Å². The lowest BCUT2D eigenvalue weighted by atomic mass is 10.0. The Hall–Kier alpha value is -4.97. The third kappa shape index (κ3) is 5.80. The number of carbonyl (C=O) groups is 1.